The van der Waals surface area contributed by atoms with Crippen molar-refractivity contribution in [3.8, 4) is 0 Å². The molecule has 1 heterocycles. The molecule has 15 heavy (non-hydrogen) atoms. The van der Waals surface area contributed by atoms with Crippen LogP contribution in [0.4, 0.5) is 4.79 Å². The lowest BCUT2D eigenvalue weighted by Crippen LogP contribution is -2.42. The van der Waals surface area contributed by atoms with Gasteiger partial charge in [0.25, 0.3) is 0 Å². The molecule has 0 bridgehead atoms. The Labute approximate surface area is 89.0 Å². The lowest BCUT2D eigenvalue weighted by Gasteiger charge is -2.30. The van der Waals surface area contributed by atoms with Gasteiger partial charge in [-0.25, -0.2) is 9.59 Å². The van der Waals surface area contributed by atoms with Crippen molar-refractivity contribution in [3.63, 3.8) is 0 Å². The van der Waals surface area contributed by atoms with E-state index in [-0.39, 0.29) is 6.03 Å². The minimum atomic E-state index is -0.905. The first-order valence-electron chi connectivity index (χ1n) is 4.89. The van der Waals surface area contributed by atoms with E-state index in [1.165, 1.54) is 11.0 Å². The molecule has 0 aromatic carbocycles. The highest BCUT2D eigenvalue weighted by molar-refractivity contribution is 5.81. The van der Waals surface area contributed by atoms with E-state index in [1.807, 2.05) is 0 Å². The normalized spacial score (nSPS) is 16.1. The van der Waals surface area contributed by atoms with Crippen LogP contribution in [0.1, 0.15) is 12.8 Å². The topological polar surface area (TPSA) is 60.9 Å². The van der Waals surface area contributed by atoms with Crippen molar-refractivity contribution in [2.75, 3.05) is 27.2 Å². The smallest absolute Gasteiger partial charge is 0.328 e. The molecule has 5 nitrogen and oxygen atoms in total. The molecule has 0 aliphatic carbocycles. The maximum absolute atomic E-state index is 11.5. The van der Waals surface area contributed by atoms with Crippen LogP contribution in [0.15, 0.2) is 11.6 Å². The lowest BCUT2D eigenvalue weighted by atomic mass is 10.0. The lowest BCUT2D eigenvalue weighted by molar-refractivity contribution is -0.131. The number of urea groups is 1. The molecule has 0 aromatic heterocycles. The van der Waals surface area contributed by atoms with Gasteiger partial charge in [-0.15, -0.1) is 0 Å². The SMILES string of the molecule is CN(C)C(=O)N1CCC(=CC(=O)O)CC1. The van der Waals surface area contributed by atoms with Gasteiger partial charge < -0.3 is 14.9 Å². The molecule has 1 fully saturated rings. The number of carboxylic acid groups (broad SMARTS) is 1. The van der Waals surface area contributed by atoms with E-state index in [2.05, 4.69) is 0 Å². The highest BCUT2D eigenvalue weighted by Gasteiger charge is 2.20. The summed E-state index contributed by atoms with van der Waals surface area (Å²) in [5, 5.41) is 8.56. The van der Waals surface area contributed by atoms with Crippen LogP contribution in [-0.2, 0) is 4.79 Å². The number of likely N-dealkylation sites (tertiary alicyclic amines) is 1. The number of piperidine rings is 1. The van der Waals surface area contributed by atoms with Crippen molar-refractivity contribution in [2.45, 2.75) is 12.8 Å². The first-order valence-corrected chi connectivity index (χ1v) is 4.89. The van der Waals surface area contributed by atoms with E-state index in [1.54, 1.807) is 19.0 Å². The van der Waals surface area contributed by atoms with E-state index < -0.39 is 5.97 Å². The molecule has 1 aliphatic heterocycles. The Hall–Kier alpha value is -1.52. The third-order valence-corrected chi connectivity index (χ3v) is 2.39. The van der Waals surface area contributed by atoms with Gasteiger partial charge in [-0.3, -0.25) is 0 Å². The molecule has 0 saturated carbocycles. The van der Waals surface area contributed by atoms with E-state index in [9.17, 15) is 9.59 Å². The fourth-order valence-corrected chi connectivity index (χ4v) is 1.59. The zero-order valence-electron chi connectivity index (χ0n) is 9.06. The highest BCUT2D eigenvalue weighted by Crippen LogP contribution is 2.16. The summed E-state index contributed by atoms with van der Waals surface area (Å²) in [6, 6.07) is -0.00984. The molecule has 1 N–H and O–H groups in total. The summed E-state index contributed by atoms with van der Waals surface area (Å²) in [5.41, 5.74) is 0.908. The van der Waals surface area contributed by atoms with Gasteiger partial charge in [-0.05, 0) is 12.8 Å². The summed E-state index contributed by atoms with van der Waals surface area (Å²) < 4.78 is 0. The predicted molar refractivity (Wildman–Crippen MR) is 55.6 cm³/mol. The Kier molecular flexibility index (Phi) is 3.71. The summed E-state index contributed by atoms with van der Waals surface area (Å²) in [6.45, 7) is 1.21. The minimum absolute atomic E-state index is 0.00984. The summed E-state index contributed by atoms with van der Waals surface area (Å²) in [5.74, 6) is -0.905. The summed E-state index contributed by atoms with van der Waals surface area (Å²) >= 11 is 0. The van der Waals surface area contributed by atoms with E-state index in [0.717, 1.165) is 5.57 Å². The van der Waals surface area contributed by atoms with E-state index in [0.29, 0.717) is 25.9 Å². The molecule has 84 valence electrons. The van der Waals surface area contributed by atoms with Crippen molar-refractivity contribution in [3.05, 3.63) is 11.6 Å². The second-order valence-corrected chi connectivity index (χ2v) is 3.80. The fraction of sp³-hybridized carbons (Fsp3) is 0.600. The van der Waals surface area contributed by atoms with E-state index in [4.69, 9.17) is 5.11 Å². The van der Waals surface area contributed by atoms with Crippen LogP contribution in [0, 0.1) is 0 Å². The summed E-state index contributed by atoms with van der Waals surface area (Å²) in [4.78, 5) is 25.2. The molecule has 1 saturated heterocycles. The second kappa shape index (κ2) is 4.82. The zero-order chi connectivity index (χ0) is 11.4. The third-order valence-electron chi connectivity index (χ3n) is 2.39. The first kappa shape index (κ1) is 11.6. The summed E-state index contributed by atoms with van der Waals surface area (Å²) in [6.07, 6.45) is 2.56. The molecule has 1 rings (SSSR count). The molecule has 5 heteroatoms. The van der Waals surface area contributed by atoms with Crippen molar-refractivity contribution >= 4 is 12.0 Å². The highest BCUT2D eigenvalue weighted by atomic mass is 16.4. The van der Waals surface area contributed by atoms with Gasteiger partial charge in [0.15, 0.2) is 0 Å². The maximum atomic E-state index is 11.5. The Balaban J connectivity index is 2.49. The number of rotatable bonds is 1. The molecule has 0 spiro atoms. The molecule has 2 amide bonds. The van der Waals surface area contributed by atoms with Crippen molar-refractivity contribution in [1.29, 1.82) is 0 Å². The number of aliphatic carboxylic acids is 1. The number of carboxylic acids is 1. The van der Waals surface area contributed by atoms with Crippen molar-refractivity contribution < 1.29 is 14.7 Å². The molecular formula is C10H16N2O3. The van der Waals surface area contributed by atoms with Crippen molar-refractivity contribution in [1.82, 2.24) is 9.80 Å². The van der Waals surface area contributed by atoms with Gasteiger partial charge in [0.05, 0.1) is 0 Å². The standard InChI is InChI=1S/C10H16N2O3/c1-11(2)10(15)12-5-3-8(4-6-12)7-9(13)14/h7H,3-6H2,1-2H3,(H,13,14). The Bertz CT molecular complexity index is 287. The van der Waals surface area contributed by atoms with Crippen molar-refractivity contribution in [2.24, 2.45) is 0 Å². The molecule has 0 unspecified atom stereocenters. The number of hydrogen-bond acceptors (Lipinski definition) is 2. The Morgan fingerprint density at radius 3 is 2.27 bits per heavy atom. The maximum Gasteiger partial charge on any atom is 0.328 e. The van der Waals surface area contributed by atoms with Crippen LogP contribution >= 0.6 is 0 Å². The fourth-order valence-electron chi connectivity index (χ4n) is 1.59. The quantitative estimate of drug-likeness (QED) is 0.653. The van der Waals surface area contributed by atoms with Crippen LogP contribution in [0.2, 0.25) is 0 Å². The van der Waals surface area contributed by atoms with Crippen LogP contribution in [-0.4, -0.2) is 54.1 Å². The predicted octanol–water partition coefficient (Wildman–Crippen LogP) is 0.775. The Morgan fingerprint density at radius 2 is 1.87 bits per heavy atom. The second-order valence-electron chi connectivity index (χ2n) is 3.80. The third kappa shape index (κ3) is 3.27. The number of hydrogen-bond donors (Lipinski definition) is 1. The van der Waals surface area contributed by atoms with Gasteiger partial charge in [-0.2, -0.15) is 0 Å². The molecular weight excluding hydrogens is 196 g/mol. The van der Waals surface area contributed by atoms with Crippen LogP contribution in [0.3, 0.4) is 0 Å². The van der Waals surface area contributed by atoms with Crippen LogP contribution in [0.25, 0.3) is 0 Å². The number of nitrogens with zero attached hydrogens (tertiary/aromatic N) is 2. The van der Waals surface area contributed by atoms with Gasteiger partial charge in [0, 0.05) is 33.3 Å². The number of carbonyl (C=O) groups excluding carboxylic acids is 1. The average Bonchev–Trinajstić information content (AvgIpc) is 2.17. The number of amides is 2. The van der Waals surface area contributed by atoms with Crippen LogP contribution in [0.5, 0.6) is 0 Å². The Morgan fingerprint density at radius 1 is 1.33 bits per heavy atom. The van der Waals surface area contributed by atoms with E-state index >= 15 is 0 Å². The molecule has 0 aromatic rings. The van der Waals surface area contributed by atoms with Gasteiger partial charge in [-0.1, -0.05) is 5.57 Å². The minimum Gasteiger partial charge on any atom is -0.478 e. The van der Waals surface area contributed by atoms with Gasteiger partial charge >= 0.3 is 12.0 Å². The average molecular weight is 212 g/mol. The van der Waals surface area contributed by atoms with Gasteiger partial charge in [0.2, 0.25) is 0 Å². The first-order chi connectivity index (χ1) is 7.00. The largest absolute Gasteiger partial charge is 0.478 e. The monoisotopic (exact) mass is 212 g/mol. The molecule has 0 radical (unpaired) electrons. The number of carbonyl (C=O) groups is 2. The molecule has 1 aliphatic rings. The summed E-state index contributed by atoms with van der Waals surface area (Å²) in [7, 11) is 3.43. The van der Waals surface area contributed by atoms with Crippen LogP contribution < -0.4 is 0 Å². The molecule has 0 atom stereocenters. The van der Waals surface area contributed by atoms with Gasteiger partial charge in [0.1, 0.15) is 0 Å². The zero-order valence-corrected chi connectivity index (χ0v) is 9.06.